The number of carbonyl (C=O) groups is 2. The minimum Gasteiger partial charge on any atom is -0.493 e. The third-order valence-electron chi connectivity index (χ3n) is 3.61. The van der Waals surface area contributed by atoms with Gasteiger partial charge in [-0.15, -0.1) is 0 Å². The number of carbonyl (C=O) groups excluding carboxylic acids is 2. The Morgan fingerprint density at radius 2 is 1.85 bits per heavy atom. The zero-order valence-electron chi connectivity index (χ0n) is 14.7. The number of rotatable bonds is 7. The lowest BCUT2D eigenvalue weighted by Gasteiger charge is -2.12. The molecule has 0 bridgehead atoms. The molecule has 2 rings (SSSR count). The van der Waals surface area contributed by atoms with E-state index in [1.54, 1.807) is 25.1 Å². The zero-order chi connectivity index (χ0) is 20.2. The second kappa shape index (κ2) is 8.51. The van der Waals surface area contributed by atoms with E-state index in [0.29, 0.717) is 23.5 Å². The maximum atomic E-state index is 12.4. The van der Waals surface area contributed by atoms with Crippen molar-refractivity contribution in [1.82, 2.24) is 0 Å². The van der Waals surface area contributed by atoms with E-state index in [9.17, 15) is 18.0 Å². The quantitative estimate of drug-likeness (QED) is 0.553. The van der Waals surface area contributed by atoms with Crippen molar-refractivity contribution in [3.05, 3.63) is 58.1 Å². The van der Waals surface area contributed by atoms with Crippen molar-refractivity contribution >= 4 is 33.4 Å². The number of esters is 1. The number of sulfonamides is 1. The highest BCUT2D eigenvalue weighted by molar-refractivity contribution is 7.89. The zero-order valence-corrected chi connectivity index (χ0v) is 16.3. The number of hydrogen-bond donors (Lipinski definition) is 1. The molecule has 2 N–H and O–H groups in total. The lowest BCUT2D eigenvalue weighted by molar-refractivity contribution is 0.0469. The standard InChI is InChI=1S/C18H18ClNO6S/c1-3-25-17-7-4-12(11(2)21)8-13(17)10-26-18(22)15-9-14(27(20,23)24)5-6-16(15)19/h4-9H,3,10H2,1-2H3,(H2,20,23,24). The van der Waals surface area contributed by atoms with Gasteiger partial charge in [0.1, 0.15) is 12.4 Å². The fraction of sp³-hybridized carbons (Fsp3) is 0.222. The summed E-state index contributed by atoms with van der Waals surface area (Å²) in [6, 6.07) is 8.30. The number of nitrogens with two attached hydrogens (primary N) is 1. The highest BCUT2D eigenvalue weighted by atomic mass is 35.5. The van der Waals surface area contributed by atoms with Gasteiger partial charge in [-0.3, -0.25) is 4.79 Å². The molecule has 0 fully saturated rings. The number of primary sulfonamides is 1. The van der Waals surface area contributed by atoms with E-state index >= 15 is 0 Å². The monoisotopic (exact) mass is 411 g/mol. The lowest BCUT2D eigenvalue weighted by atomic mass is 10.1. The van der Waals surface area contributed by atoms with E-state index in [-0.39, 0.29) is 27.9 Å². The number of ketones is 1. The summed E-state index contributed by atoms with van der Waals surface area (Å²) in [7, 11) is -4.00. The molecule has 7 nitrogen and oxygen atoms in total. The highest BCUT2D eigenvalue weighted by Gasteiger charge is 2.18. The van der Waals surface area contributed by atoms with Gasteiger partial charge < -0.3 is 9.47 Å². The van der Waals surface area contributed by atoms with Gasteiger partial charge in [-0.25, -0.2) is 18.4 Å². The molecule has 2 aromatic carbocycles. The van der Waals surface area contributed by atoms with Gasteiger partial charge in [-0.1, -0.05) is 11.6 Å². The molecule has 0 unspecified atom stereocenters. The van der Waals surface area contributed by atoms with Crippen LogP contribution in [0.2, 0.25) is 5.02 Å². The van der Waals surface area contributed by atoms with Gasteiger partial charge >= 0.3 is 5.97 Å². The average molecular weight is 412 g/mol. The maximum Gasteiger partial charge on any atom is 0.340 e. The van der Waals surface area contributed by atoms with Crippen LogP contribution in [0.1, 0.15) is 40.1 Å². The fourth-order valence-corrected chi connectivity index (χ4v) is 3.00. The molecule has 9 heteroatoms. The number of hydrogen-bond acceptors (Lipinski definition) is 6. The number of halogens is 1. The summed E-state index contributed by atoms with van der Waals surface area (Å²) >= 11 is 5.96. The second-order valence-electron chi connectivity index (χ2n) is 5.57. The van der Waals surface area contributed by atoms with Gasteiger partial charge in [-0.05, 0) is 50.2 Å². The largest absolute Gasteiger partial charge is 0.493 e. The molecule has 0 saturated carbocycles. The molecule has 0 radical (unpaired) electrons. The summed E-state index contributed by atoms with van der Waals surface area (Å²) < 4.78 is 33.6. The third-order valence-corrected chi connectivity index (χ3v) is 4.85. The Bertz CT molecular complexity index is 987. The molecule has 0 aliphatic rings. The van der Waals surface area contributed by atoms with Crippen LogP contribution in [0.5, 0.6) is 5.75 Å². The molecular weight excluding hydrogens is 394 g/mol. The van der Waals surface area contributed by atoms with Gasteiger partial charge in [0.25, 0.3) is 0 Å². The Hall–Kier alpha value is -2.42. The first-order chi connectivity index (χ1) is 12.6. The average Bonchev–Trinajstić information content (AvgIpc) is 2.60. The van der Waals surface area contributed by atoms with Crippen LogP contribution in [0.25, 0.3) is 0 Å². The van der Waals surface area contributed by atoms with Gasteiger partial charge in [0.2, 0.25) is 10.0 Å². The van der Waals surface area contributed by atoms with E-state index in [1.165, 1.54) is 19.1 Å². The molecule has 0 amide bonds. The Morgan fingerprint density at radius 1 is 1.15 bits per heavy atom. The van der Waals surface area contributed by atoms with Crippen LogP contribution in [0.4, 0.5) is 0 Å². The predicted octanol–water partition coefficient (Wildman–Crippen LogP) is 2.95. The van der Waals surface area contributed by atoms with Crippen molar-refractivity contribution in [2.24, 2.45) is 5.14 Å². The SMILES string of the molecule is CCOc1ccc(C(C)=O)cc1COC(=O)c1cc(S(N)(=O)=O)ccc1Cl. The van der Waals surface area contributed by atoms with Crippen LogP contribution in [-0.2, 0) is 21.4 Å². The van der Waals surface area contributed by atoms with Crippen molar-refractivity contribution in [2.75, 3.05) is 6.61 Å². The highest BCUT2D eigenvalue weighted by Crippen LogP contribution is 2.24. The molecule has 0 aliphatic heterocycles. The summed E-state index contributed by atoms with van der Waals surface area (Å²) in [6.45, 7) is 3.42. The van der Waals surface area contributed by atoms with E-state index < -0.39 is 16.0 Å². The van der Waals surface area contributed by atoms with Crippen molar-refractivity contribution < 1.29 is 27.5 Å². The van der Waals surface area contributed by atoms with Crippen LogP contribution >= 0.6 is 11.6 Å². The van der Waals surface area contributed by atoms with Crippen molar-refractivity contribution in [2.45, 2.75) is 25.3 Å². The maximum absolute atomic E-state index is 12.4. The molecular formula is C18H18ClNO6S. The number of benzene rings is 2. The van der Waals surface area contributed by atoms with E-state index in [4.69, 9.17) is 26.2 Å². The first kappa shape index (κ1) is 20.9. The number of Topliss-reactive ketones (excluding diaryl/α,β-unsaturated/α-hetero) is 1. The predicted molar refractivity (Wildman–Crippen MR) is 99.6 cm³/mol. The fourth-order valence-electron chi connectivity index (χ4n) is 2.27. The van der Waals surface area contributed by atoms with Crippen LogP contribution < -0.4 is 9.88 Å². The van der Waals surface area contributed by atoms with Crippen LogP contribution in [0, 0.1) is 0 Å². The van der Waals surface area contributed by atoms with Gasteiger partial charge in [-0.2, -0.15) is 0 Å². The first-order valence-electron chi connectivity index (χ1n) is 7.89. The van der Waals surface area contributed by atoms with E-state index in [1.807, 2.05) is 0 Å². The second-order valence-corrected chi connectivity index (χ2v) is 7.54. The summed E-state index contributed by atoms with van der Waals surface area (Å²) in [5, 5.41) is 5.09. The molecule has 0 spiro atoms. The Kier molecular flexibility index (Phi) is 6.59. The summed E-state index contributed by atoms with van der Waals surface area (Å²) in [6.07, 6.45) is 0. The van der Waals surface area contributed by atoms with E-state index in [2.05, 4.69) is 0 Å². The molecule has 2 aromatic rings. The third kappa shape index (κ3) is 5.29. The minimum absolute atomic E-state index is 0.0231. The Morgan fingerprint density at radius 3 is 2.44 bits per heavy atom. The van der Waals surface area contributed by atoms with Crippen molar-refractivity contribution in [1.29, 1.82) is 0 Å². The first-order valence-corrected chi connectivity index (χ1v) is 9.82. The molecule has 27 heavy (non-hydrogen) atoms. The molecule has 0 saturated heterocycles. The Balaban J connectivity index is 2.27. The molecule has 0 aromatic heterocycles. The Labute approximate surface area is 162 Å². The van der Waals surface area contributed by atoms with Crippen LogP contribution in [0.3, 0.4) is 0 Å². The molecule has 144 valence electrons. The summed E-state index contributed by atoms with van der Waals surface area (Å²) in [5.74, 6) is -0.504. The molecule has 0 heterocycles. The van der Waals surface area contributed by atoms with Crippen molar-refractivity contribution in [3.63, 3.8) is 0 Å². The van der Waals surface area contributed by atoms with Crippen LogP contribution in [-0.4, -0.2) is 26.8 Å². The molecule has 0 aliphatic carbocycles. The smallest absolute Gasteiger partial charge is 0.340 e. The van der Waals surface area contributed by atoms with Gasteiger partial charge in [0.15, 0.2) is 5.78 Å². The van der Waals surface area contributed by atoms with Gasteiger partial charge in [0.05, 0.1) is 22.1 Å². The van der Waals surface area contributed by atoms with Crippen LogP contribution in [0.15, 0.2) is 41.3 Å². The molecule has 0 atom stereocenters. The number of ether oxygens (including phenoxy) is 2. The minimum atomic E-state index is -4.00. The van der Waals surface area contributed by atoms with Crippen molar-refractivity contribution in [3.8, 4) is 5.75 Å². The topological polar surface area (TPSA) is 113 Å². The van der Waals surface area contributed by atoms with Gasteiger partial charge in [0, 0.05) is 11.1 Å². The summed E-state index contributed by atoms with van der Waals surface area (Å²) in [5.41, 5.74) is 0.805. The van der Waals surface area contributed by atoms with E-state index in [0.717, 1.165) is 6.07 Å². The normalized spacial score (nSPS) is 11.1. The lowest BCUT2D eigenvalue weighted by Crippen LogP contribution is -2.14. The summed E-state index contributed by atoms with van der Waals surface area (Å²) in [4.78, 5) is 23.7.